The van der Waals surface area contributed by atoms with Crippen molar-refractivity contribution >= 4 is 34.0 Å². The maximum absolute atomic E-state index is 11.6. The van der Waals surface area contributed by atoms with Gasteiger partial charge in [0.25, 0.3) is 0 Å². The molecule has 0 saturated heterocycles. The van der Waals surface area contributed by atoms with Gasteiger partial charge in [-0.1, -0.05) is 6.92 Å². The van der Waals surface area contributed by atoms with Gasteiger partial charge in [-0.05, 0) is 17.9 Å². The number of carbonyl (C=O) groups excluding carboxylic acids is 1. The number of amides is 1. The molecule has 0 aliphatic carbocycles. The lowest BCUT2D eigenvalue weighted by molar-refractivity contribution is -0.115. The van der Waals surface area contributed by atoms with Crippen LogP contribution in [-0.4, -0.2) is 23.5 Å². The van der Waals surface area contributed by atoms with E-state index in [1.807, 2.05) is 6.07 Å². The number of rotatable bonds is 7. The number of thiophene rings is 1. The van der Waals surface area contributed by atoms with Gasteiger partial charge in [0.2, 0.25) is 5.91 Å². The lowest BCUT2D eigenvalue weighted by atomic mass is 10.3. The van der Waals surface area contributed by atoms with Gasteiger partial charge in [0.1, 0.15) is 11.1 Å². The Morgan fingerprint density at radius 2 is 2.50 bits per heavy atom. The molecular weight excluding hydrogens is 266 g/mol. The van der Waals surface area contributed by atoms with Crippen LogP contribution in [0.3, 0.4) is 0 Å². The Kier molecular flexibility index (Phi) is 6.80. The van der Waals surface area contributed by atoms with E-state index in [1.165, 1.54) is 11.3 Å². The molecule has 6 heteroatoms. The summed E-state index contributed by atoms with van der Waals surface area (Å²) in [5.41, 5.74) is 6.30. The second-order valence-corrected chi connectivity index (χ2v) is 5.88. The van der Waals surface area contributed by atoms with E-state index in [9.17, 15) is 4.79 Å². The standard InChI is InChI=1S/C12H17N3OS2/c1-2-10(14)8-17-5-4-11(16)15-12-9(7-13)3-6-18-12/h3,6,10H,2,4-5,8,14H2,1H3,(H,15,16). The largest absolute Gasteiger partial charge is 0.327 e. The van der Waals surface area contributed by atoms with E-state index < -0.39 is 0 Å². The fraction of sp³-hybridized carbons (Fsp3) is 0.500. The van der Waals surface area contributed by atoms with Gasteiger partial charge in [0.05, 0.1) is 5.56 Å². The molecule has 0 aromatic carbocycles. The van der Waals surface area contributed by atoms with Gasteiger partial charge in [-0.2, -0.15) is 17.0 Å². The minimum absolute atomic E-state index is 0.0495. The molecule has 0 spiro atoms. The summed E-state index contributed by atoms with van der Waals surface area (Å²) in [6, 6.07) is 3.96. The molecule has 3 N–H and O–H groups in total. The summed E-state index contributed by atoms with van der Waals surface area (Å²) in [5, 5.41) is 14.0. The molecule has 4 nitrogen and oxygen atoms in total. The molecule has 1 atom stereocenters. The number of nitrogens with two attached hydrogens (primary N) is 1. The lowest BCUT2D eigenvalue weighted by Gasteiger charge is -2.07. The quantitative estimate of drug-likeness (QED) is 0.753. The minimum atomic E-state index is -0.0495. The highest BCUT2D eigenvalue weighted by molar-refractivity contribution is 7.99. The van der Waals surface area contributed by atoms with Crippen LogP contribution in [0.4, 0.5) is 5.00 Å². The van der Waals surface area contributed by atoms with Crippen LogP contribution in [0, 0.1) is 11.3 Å². The molecule has 0 saturated carbocycles. The van der Waals surface area contributed by atoms with Crippen LogP contribution < -0.4 is 11.1 Å². The first-order valence-corrected chi connectivity index (χ1v) is 7.81. The highest BCUT2D eigenvalue weighted by atomic mass is 32.2. The normalized spacial score (nSPS) is 11.8. The Balaban J connectivity index is 2.24. The Bertz CT molecular complexity index is 425. The van der Waals surface area contributed by atoms with Crippen molar-refractivity contribution in [3.8, 4) is 6.07 Å². The first kappa shape index (κ1) is 15.0. The SMILES string of the molecule is CCC(N)CSCCC(=O)Nc1sccc1C#N. The first-order valence-electron chi connectivity index (χ1n) is 5.78. The van der Waals surface area contributed by atoms with E-state index in [1.54, 1.807) is 23.2 Å². The zero-order valence-electron chi connectivity index (χ0n) is 10.3. The molecule has 1 rings (SSSR count). The molecule has 1 unspecified atom stereocenters. The Morgan fingerprint density at radius 3 is 3.17 bits per heavy atom. The third-order valence-electron chi connectivity index (χ3n) is 2.37. The Morgan fingerprint density at radius 1 is 1.72 bits per heavy atom. The molecule has 1 amide bonds. The minimum Gasteiger partial charge on any atom is -0.327 e. The van der Waals surface area contributed by atoms with Crippen molar-refractivity contribution in [1.82, 2.24) is 0 Å². The van der Waals surface area contributed by atoms with Crippen LogP contribution in [0.5, 0.6) is 0 Å². The number of thioether (sulfide) groups is 1. The number of hydrogen-bond acceptors (Lipinski definition) is 5. The fourth-order valence-corrected chi connectivity index (χ4v) is 2.99. The maximum atomic E-state index is 11.6. The second kappa shape index (κ2) is 8.14. The Labute approximate surface area is 116 Å². The molecule has 0 bridgehead atoms. The molecule has 1 aromatic heterocycles. The number of carbonyl (C=O) groups is 1. The van der Waals surface area contributed by atoms with Gasteiger partial charge in [-0.25, -0.2) is 0 Å². The molecule has 98 valence electrons. The molecule has 0 aliphatic rings. The number of hydrogen-bond donors (Lipinski definition) is 2. The van der Waals surface area contributed by atoms with E-state index in [0.29, 0.717) is 17.0 Å². The highest BCUT2D eigenvalue weighted by Crippen LogP contribution is 2.22. The lowest BCUT2D eigenvalue weighted by Crippen LogP contribution is -2.22. The van der Waals surface area contributed by atoms with Gasteiger partial charge in [-0.15, -0.1) is 11.3 Å². The summed E-state index contributed by atoms with van der Waals surface area (Å²) in [5.74, 6) is 1.59. The fourth-order valence-electron chi connectivity index (χ4n) is 1.20. The van der Waals surface area contributed by atoms with Crippen LogP contribution in [0.1, 0.15) is 25.3 Å². The van der Waals surface area contributed by atoms with Crippen LogP contribution in [0.25, 0.3) is 0 Å². The van der Waals surface area contributed by atoms with Crippen LogP contribution in [0.15, 0.2) is 11.4 Å². The average Bonchev–Trinajstić information content (AvgIpc) is 2.81. The van der Waals surface area contributed by atoms with Crippen molar-refractivity contribution in [2.75, 3.05) is 16.8 Å². The zero-order valence-corrected chi connectivity index (χ0v) is 11.9. The van der Waals surface area contributed by atoms with Crippen molar-refractivity contribution in [3.63, 3.8) is 0 Å². The zero-order chi connectivity index (χ0) is 13.4. The average molecular weight is 283 g/mol. The number of anilines is 1. The summed E-state index contributed by atoms with van der Waals surface area (Å²) >= 11 is 3.06. The monoisotopic (exact) mass is 283 g/mol. The van der Waals surface area contributed by atoms with Crippen molar-refractivity contribution in [2.24, 2.45) is 5.73 Å². The number of nitriles is 1. The third-order valence-corrected chi connectivity index (χ3v) is 4.35. The molecule has 0 fully saturated rings. The highest BCUT2D eigenvalue weighted by Gasteiger charge is 2.08. The van der Waals surface area contributed by atoms with E-state index in [0.717, 1.165) is 17.9 Å². The van der Waals surface area contributed by atoms with Crippen molar-refractivity contribution in [1.29, 1.82) is 5.26 Å². The summed E-state index contributed by atoms with van der Waals surface area (Å²) < 4.78 is 0. The van der Waals surface area contributed by atoms with Crippen LogP contribution >= 0.6 is 23.1 Å². The summed E-state index contributed by atoms with van der Waals surface area (Å²) in [7, 11) is 0. The number of nitrogens with one attached hydrogen (secondary N) is 1. The molecule has 0 radical (unpaired) electrons. The topological polar surface area (TPSA) is 78.9 Å². The van der Waals surface area contributed by atoms with E-state index in [4.69, 9.17) is 11.0 Å². The molecule has 0 aliphatic heterocycles. The van der Waals surface area contributed by atoms with Crippen molar-refractivity contribution in [2.45, 2.75) is 25.8 Å². The smallest absolute Gasteiger partial charge is 0.225 e. The second-order valence-electron chi connectivity index (χ2n) is 3.82. The van der Waals surface area contributed by atoms with Gasteiger partial charge in [-0.3, -0.25) is 4.79 Å². The van der Waals surface area contributed by atoms with E-state index >= 15 is 0 Å². The summed E-state index contributed by atoms with van der Waals surface area (Å²) in [4.78, 5) is 11.6. The third kappa shape index (κ3) is 5.08. The molecule has 18 heavy (non-hydrogen) atoms. The van der Waals surface area contributed by atoms with Crippen LogP contribution in [0.2, 0.25) is 0 Å². The van der Waals surface area contributed by atoms with Gasteiger partial charge >= 0.3 is 0 Å². The maximum Gasteiger partial charge on any atom is 0.225 e. The van der Waals surface area contributed by atoms with E-state index in [-0.39, 0.29) is 11.9 Å². The summed E-state index contributed by atoms with van der Waals surface area (Å²) in [6.45, 7) is 2.05. The van der Waals surface area contributed by atoms with Gasteiger partial charge < -0.3 is 11.1 Å². The van der Waals surface area contributed by atoms with Gasteiger partial charge in [0, 0.05) is 24.0 Å². The first-order chi connectivity index (χ1) is 8.67. The predicted octanol–water partition coefficient (Wildman–Crippen LogP) is 2.42. The van der Waals surface area contributed by atoms with Crippen molar-refractivity contribution < 1.29 is 4.79 Å². The predicted molar refractivity (Wildman–Crippen MR) is 77.9 cm³/mol. The molecular formula is C12H17N3OS2. The van der Waals surface area contributed by atoms with Gasteiger partial charge in [0.15, 0.2) is 0 Å². The number of nitrogens with zero attached hydrogens (tertiary/aromatic N) is 1. The molecule has 1 aromatic rings. The Hall–Kier alpha value is -1.03. The molecule has 1 heterocycles. The van der Waals surface area contributed by atoms with E-state index in [2.05, 4.69) is 12.2 Å². The van der Waals surface area contributed by atoms with Crippen LogP contribution in [-0.2, 0) is 4.79 Å². The van der Waals surface area contributed by atoms with Crippen molar-refractivity contribution in [3.05, 3.63) is 17.0 Å². The summed E-state index contributed by atoms with van der Waals surface area (Å²) in [6.07, 6.45) is 1.41.